The van der Waals surface area contributed by atoms with Crippen LogP contribution in [0, 0.1) is 6.92 Å². The van der Waals surface area contributed by atoms with Crippen LogP contribution in [0.5, 0.6) is 0 Å². The van der Waals surface area contributed by atoms with E-state index in [4.69, 9.17) is 9.52 Å². The van der Waals surface area contributed by atoms with Gasteiger partial charge < -0.3 is 14.8 Å². The summed E-state index contributed by atoms with van der Waals surface area (Å²) in [4.78, 5) is 2.15. The Hall–Kier alpha value is -0.980. The Labute approximate surface area is 101 Å². The van der Waals surface area contributed by atoms with E-state index in [2.05, 4.69) is 20.4 Å². The van der Waals surface area contributed by atoms with Crippen molar-refractivity contribution in [2.75, 3.05) is 26.2 Å². The van der Waals surface area contributed by atoms with Gasteiger partial charge in [-0.25, -0.2) is 0 Å². The van der Waals surface area contributed by atoms with Gasteiger partial charge in [0, 0.05) is 26.1 Å². The summed E-state index contributed by atoms with van der Waals surface area (Å²) in [6, 6.07) is 0.519. The van der Waals surface area contributed by atoms with E-state index < -0.39 is 0 Å². The number of nitrogens with one attached hydrogen (secondary N) is 1. The molecule has 1 atom stereocenters. The molecule has 1 fully saturated rings. The van der Waals surface area contributed by atoms with Crippen LogP contribution in [-0.2, 0) is 6.54 Å². The number of aliphatic hydroxyl groups is 1. The first kappa shape index (κ1) is 12.5. The lowest BCUT2D eigenvalue weighted by Crippen LogP contribution is -2.38. The molecule has 2 N–H and O–H groups in total. The first-order chi connectivity index (χ1) is 8.28. The summed E-state index contributed by atoms with van der Waals surface area (Å²) in [5.41, 5.74) is 0. The van der Waals surface area contributed by atoms with Gasteiger partial charge in [0.1, 0.15) is 0 Å². The van der Waals surface area contributed by atoms with E-state index in [-0.39, 0.29) is 6.61 Å². The summed E-state index contributed by atoms with van der Waals surface area (Å²) in [6.45, 7) is 5.20. The molecule has 96 valence electrons. The molecule has 1 saturated heterocycles. The third-order valence-corrected chi connectivity index (χ3v) is 2.98. The minimum absolute atomic E-state index is 0.153. The Morgan fingerprint density at radius 1 is 1.53 bits per heavy atom. The van der Waals surface area contributed by atoms with Crippen LogP contribution in [-0.4, -0.2) is 52.5 Å². The second-order valence-electron chi connectivity index (χ2n) is 4.47. The zero-order valence-corrected chi connectivity index (χ0v) is 10.2. The highest BCUT2D eigenvalue weighted by Crippen LogP contribution is 2.09. The molecule has 17 heavy (non-hydrogen) atoms. The van der Waals surface area contributed by atoms with E-state index in [9.17, 15) is 0 Å². The Morgan fingerprint density at radius 3 is 3.00 bits per heavy atom. The summed E-state index contributed by atoms with van der Waals surface area (Å²) in [5, 5.41) is 20.3. The van der Waals surface area contributed by atoms with Gasteiger partial charge in [0.15, 0.2) is 0 Å². The number of aromatic nitrogens is 2. The van der Waals surface area contributed by atoms with E-state index >= 15 is 0 Å². The standard InChI is InChI=1S/C11H20N4O2/c1-9-13-14-11(17-9)8-15(5-6-16)7-10-3-2-4-12-10/h10,12,16H,2-8H2,1H3. The van der Waals surface area contributed by atoms with E-state index in [0.29, 0.717) is 30.9 Å². The maximum Gasteiger partial charge on any atom is 0.230 e. The van der Waals surface area contributed by atoms with E-state index in [0.717, 1.165) is 13.1 Å². The lowest BCUT2D eigenvalue weighted by atomic mass is 10.2. The summed E-state index contributed by atoms with van der Waals surface area (Å²) in [7, 11) is 0. The lowest BCUT2D eigenvalue weighted by molar-refractivity contribution is 0.167. The van der Waals surface area contributed by atoms with Crippen LogP contribution in [0.4, 0.5) is 0 Å². The average molecular weight is 240 g/mol. The summed E-state index contributed by atoms with van der Waals surface area (Å²) >= 11 is 0. The highest BCUT2D eigenvalue weighted by molar-refractivity contribution is 4.83. The van der Waals surface area contributed by atoms with Crippen molar-refractivity contribution in [1.29, 1.82) is 0 Å². The molecule has 6 heteroatoms. The highest BCUT2D eigenvalue weighted by Gasteiger charge is 2.19. The van der Waals surface area contributed by atoms with Crippen LogP contribution in [0.25, 0.3) is 0 Å². The molecule has 1 aliphatic rings. The predicted molar refractivity (Wildman–Crippen MR) is 62.4 cm³/mol. The first-order valence-corrected chi connectivity index (χ1v) is 6.13. The predicted octanol–water partition coefficient (Wildman–Crippen LogP) is -0.0757. The monoisotopic (exact) mass is 240 g/mol. The molecule has 2 rings (SSSR count). The van der Waals surface area contributed by atoms with E-state index in [1.54, 1.807) is 6.92 Å². The summed E-state index contributed by atoms with van der Waals surface area (Å²) < 4.78 is 5.36. The molecule has 1 unspecified atom stereocenters. The molecule has 0 aromatic carbocycles. The van der Waals surface area contributed by atoms with Crippen LogP contribution in [0.1, 0.15) is 24.6 Å². The van der Waals surface area contributed by atoms with Crippen LogP contribution >= 0.6 is 0 Å². The molecule has 0 radical (unpaired) electrons. The summed E-state index contributed by atoms with van der Waals surface area (Å²) in [5.74, 6) is 1.21. The average Bonchev–Trinajstić information content (AvgIpc) is 2.91. The van der Waals surface area contributed by atoms with Crippen molar-refractivity contribution < 1.29 is 9.52 Å². The molecule has 6 nitrogen and oxygen atoms in total. The minimum Gasteiger partial charge on any atom is -0.424 e. The Morgan fingerprint density at radius 2 is 2.41 bits per heavy atom. The lowest BCUT2D eigenvalue weighted by Gasteiger charge is -2.23. The SMILES string of the molecule is Cc1nnc(CN(CCO)CC2CCCN2)o1. The van der Waals surface area contributed by atoms with Gasteiger partial charge in [-0.15, -0.1) is 10.2 Å². The topological polar surface area (TPSA) is 74.4 Å². The molecular formula is C11H20N4O2. The third kappa shape index (κ3) is 3.76. The number of rotatable bonds is 6. The van der Waals surface area contributed by atoms with Gasteiger partial charge in [0.2, 0.25) is 11.8 Å². The molecule has 2 heterocycles. The van der Waals surface area contributed by atoms with Gasteiger partial charge in [0.25, 0.3) is 0 Å². The third-order valence-electron chi connectivity index (χ3n) is 2.98. The van der Waals surface area contributed by atoms with Crippen molar-refractivity contribution in [3.05, 3.63) is 11.8 Å². The van der Waals surface area contributed by atoms with Crippen molar-refractivity contribution in [2.24, 2.45) is 0 Å². The molecule has 1 aliphatic heterocycles. The smallest absolute Gasteiger partial charge is 0.230 e. The van der Waals surface area contributed by atoms with Crippen molar-refractivity contribution in [3.8, 4) is 0 Å². The molecule has 1 aromatic rings. The summed E-state index contributed by atoms with van der Waals surface area (Å²) in [6.07, 6.45) is 2.43. The second-order valence-corrected chi connectivity index (χ2v) is 4.47. The van der Waals surface area contributed by atoms with Crippen molar-refractivity contribution >= 4 is 0 Å². The Kier molecular flexibility index (Phi) is 4.47. The van der Waals surface area contributed by atoms with E-state index in [1.807, 2.05) is 0 Å². The van der Waals surface area contributed by atoms with Crippen molar-refractivity contribution in [1.82, 2.24) is 20.4 Å². The zero-order valence-electron chi connectivity index (χ0n) is 10.2. The normalized spacial score (nSPS) is 20.3. The quantitative estimate of drug-likeness (QED) is 0.724. The van der Waals surface area contributed by atoms with Gasteiger partial charge in [-0.2, -0.15) is 0 Å². The zero-order chi connectivity index (χ0) is 12.1. The van der Waals surface area contributed by atoms with Crippen molar-refractivity contribution in [2.45, 2.75) is 32.4 Å². The molecule has 0 bridgehead atoms. The number of aliphatic hydroxyl groups excluding tert-OH is 1. The fourth-order valence-electron chi connectivity index (χ4n) is 2.19. The van der Waals surface area contributed by atoms with E-state index in [1.165, 1.54) is 12.8 Å². The van der Waals surface area contributed by atoms with Crippen LogP contribution in [0.2, 0.25) is 0 Å². The van der Waals surface area contributed by atoms with Gasteiger partial charge in [0.05, 0.1) is 13.2 Å². The van der Waals surface area contributed by atoms with Gasteiger partial charge in [-0.05, 0) is 19.4 Å². The number of aryl methyl sites for hydroxylation is 1. The molecule has 0 spiro atoms. The molecule has 1 aromatic heterocycles. The number of hydrogen-bond donors (Lipinski definition) is 2. The largest absolute Gasteiger partial charge is 0.424 e. The van der Waals surface area contributed by atoms with Crippen LogP contribution in [0.3, 0.4) is 0 Å². The van der Waals surface area contributed by atoms with Gasteiger partial charge in [-0.1, -0.05) is 0 Å². The Bertz CT molecular complexity index is 336. The van der Waals surface area contributed by atoms with Gasteiger partial charge in [-0.3, -0.25) is 4.90 Å². The fourth-order valence-corrected chi connectivity index (χ4v) is 2.19. The maximum absolute atomic E-state index is 9.07. The Balaban J connectivity index is 1.87. The molecule has 0 aliphatic carbocycles. The highest BCUT2D eigenvalue weighted by atomic mass is 16.4. The van der Waals surface area contributed by atoms with Crippen LogP contribution < -0.4 is 5.32 Å². The van der Waals surface area contributed by atoms with Crippen LogP contribution in [0.15, 0.2) is 4.42 Å². The molecule has 0 saturated carbocycles. The number of hydrogen-bond acceptors (Lipinski definition) is 6. The maximum atomic E-state index is 9.07. The molecular weight excluding hydrogens is 220 g/mol. The van der Waals surface area contributed by atoms with Crippen molar-refractivity contribution in [3.63, 3.8) is 0 Å². The second kappa shape index (κ2) is 6.09. The number of nitrogens with zero attached hydrogens (tertiary/aromatic N) is 3. The van der Waals surface area contributed by atoms with Gasteiger partial charge >= 0.3 is 0 Å². The minimum atomic E-state index is 0.153. The molecule has 0 amide bonds. The fraction of sp³-hybridized carbons (Fsp3) is 0.818. The first-order valence-electron chi connectivity index (χ1n) is 6.13.